The Kier molecular flexibility index (Phi) is 8.34. The maximum Gasteiger partial charge on any atom is 0.391 e. The first-order valence-electron chi connectivity index (χ1n) is 13.0. The van der Waals surface area contributed by atoms with Crippen molar-refractivity contribution < 1.29 is 22.6 Å². The molecule has 196 valence electrons. The number of ether oxygens (including phenoxy) is 2. The number of rotatable bonds is 8. The van der Waals surface area contributed by atoms with Gasteiger partial charge in [-0.05, 0) is 98.5 Å². The Bertz CT molecular complexity index is 1080. The molecule has 1 aliphatic carbocycles. The molecule has 4 rings (SSSR count). The van der Waals surface area contributed by atoms with Crippen LogP contribution in [0.1, 0.15) is 62.3 Å². The van der Waals surface area contributed by atoms with E-state index in [2.05, 4.69) is 56.0 Å². The molecule has 2 aromatic carbocycles. The molecule has 0 bridgehead atoms. The van der Waals surface area contributed by atoms with Gasteiger partial charge in [0.05, 0.1) is 13.0 Å². The summed E-state index contributed by atoms with van der Waals surface area (Å²) in [4.78, 5) is 2.18. The molecule has 36 heavy (non-hydrogen) atoms. The average Bonchev–Trinajstić information content (AvgIpc) is 2.84. The molecule has 0 unspecified atom stereocenters. The lowest BCUT2D eigenvalue weighted by Gasteiger charge is -2.34. The molecule has 1 fully saturated rings. The van der Waals surface area contributed by atoms with Crippen molar-refractivity contribution in [2.24, 2.45) is 11.8 Å². The van der Waals surface area contributed by atoms with Crippen molar-refractivity contribution in [2.45, 2.75) is 65.7 Å². The zero-order valence-electron chi connectivity index (χ0n) is 21.9. The van der Waals surface area contributed by atoms with Crippen LogP contribution in [-0.2, 0) is 19.4 Å². The number of fused-ring (bicyclic) bond motifs is 1. The van der Waals surface area contributed by atoms with Crippen LogP contribution < -0.4 is 9.47 Å². The predicted molar refractivity (Wildman–Crippen MR) is 138 cm³/mol. The number of allylic oxidation sites excluding steroid dienone is 1. The van der Waals surface area contributed by atoms with E-state index in [9.17, 15) is 13.2 Å². The Hall–Kier alpha value is -2.47. The van der Waals surface area contributed by atoms with E-state index >= 15 is 0 Å². The van der Waals surface area contributed by atoms with Crippen LogP contribution in [0.2, 0.25) is 0 Å². The van der Waals surface area contributed by atoms with Crippen LogP contribution >= 0.6 is 0 Å². The van der Waals surface area contributed by atoms with Crippen LogP contribution in [0.5, 0.6) is 11.5 Å². The fourth-order valence-electron chi connectivity index (χ4n) is 5.45. The highest BCUT2D eigenvalue weighted by atomic mass is 19.4. The van der Waals surface area contributed by atoms with Crippen LogP contribution in [0.15, 0.2) is 42.0 Å². The minimum absolute atomic E-state index is 0.207. The maximum atomic E-state index is 13.0. The van der Waals surface area contributed by atoms with E-state index in [4.69, 9.17) is 9.47 Å². The van der Waals surface area contributed by atoms with Crippen molar-refractivity contribution in [3.8, 4) is 11.5 Å². The second-order valence-electron chi connectivity index (χ2n) is 10.7. The highest BCUT2D eigenvalue weighted by Gasteiger charge is 2.41. The molecule has 6 heteroatoms. The largest absolute Gasteiger partial charge is 0.496 e. The second kappa shape index (κ2) is 11.3. The van der Waals surface area contributed by atoms with Gasteiger partial charge in [0.15, 0.2) is 0 Å². The highest BCUT2D eigenvalue weighted by Crippen LogP contribution is 2.37. The summed E-state index contributed by atoms with van der Waals surface area (Å²) in [6.45, 7) is 8.79. The lowest BCUT2D eigenvalue weighted by molar-refractivity contribution is -0.184. The molecule has 0 spiro atoms. The standard InChI is InChI=1S/C30H38F3NO2/c1-20(2)15-22-5-6-25(29(16-22)35-4)19-36-27-9-10-28-21(3)24(8-7-23(28)17-27)18-34-13-11-26(12-14-34)30(31,32)33/h5-6,9-10,16-17,20,26H,7-8,11-15,18-19H2,1-4H3. The van der Waals surface area contributed by atoms with Crippen LogP contribution in [0, 0.1) is 11.8 Å². The first kappa shape index (κ1) is 26.6. The van der Waals surface area contributed by atoms with E-state index in [1.165, 1.54) is 27.8 Å². The number of alkyl halides is 3. The molecule has 3 nitrogen and oxygen atoms in total. The summed E-state index contributed by atoms with van der Waals surface area (Å²) in [6, 6.07) is 12.6. The van der Waals surface area contributed by atoms with Crippen LogP contribution in [0.3, 0.4) is 0 Å². The van der Waals surface area contributed by atoms with Crippen molar-refractivity contribution >= 4 is 5.57 Å². The van der Waals surface area contributed by atoms with E-state index in [-0.39, 0.29) is 12.8 Å². The number of aryl methyl sites for hydroxylation is 1. The third-order valence-corrected chi connectivity index (χ3v) is 7.56. The van der Waals surface area contributed by atoms with Gasteiger partial charge in [0.1, 0.15) is 18.1 Å². The maximum absolute atomic E-state index is 13.0. The second-order valence-corrected chi connectivity index (χ2v) is 10.7. The molecule has 1 saturated heterocycles. The molecule has 2 aliphatic rings. The lowest BCUT2D eigenvalue weighted by atomic mass is 9.85. The molecular weight excluding hydrogens is 463 g/mol. The Morgan fingerprint density at radius 2 is 1.78 bits per heavy atom. The number of likely N-dealkylation sites (tertiary alicyclic amines) is 1. The number of methoxy groups -OCH3 is 1. The topological polar surface area (TPSA) is 21.7 Å². The van der Waals surface area contributed by atoms with Crippen LogP contribution in [0.4, 0.5) is 13.2 Å². The van der Waals surface area contributed by atoms with Gasteiger partial charge in [-0.25, -0.2) is 0 Å². The number of hydrogen-bond acceptors (Lipinski definition) is 3. The van der Waals surface area contributed by atoms with E-state index in [1.54, 1.807) is 7.11 Å². The van der Waals surface area contributed by atoms with E-state index < -0.39 is 12.1 Å². The summed E-state index contributed by atoms with van der Waals surface area (Å²) in [5, 5.41) is 0. The van der Waals surface area contributed by atoms with Crippen LogP contribution in [0.25, 0.3) is 5.57 Å². The molecule has 0 N–H and O–H groups in total. The third kappa shape index (κ3) is 6.44. The van der Waals surface area contributed by atoms with E-state index in [1.807, 2.05) is 6.07 Å². The smallest absolute Gasteiger partial charge is 0.391 e. The van der Waals surface area contributed by atoms with Gasteiger partial charge < -0.3 is 9.47 Å². The van der Waals surface area contributed by atoms with Crippen molar-refractivity contribution in [3.05, 3.63) is 64.2 Å². The van der Waals surface area contributed by atoms with Gasteiger partial charge in [0, 0.05) is 12.1 Å². The van der Waals surface area contributed by atoms with Crippen molar-refractivity contribution in [1.82, 2.24) is 4.90 Å². The van der Waals surface area contributed by atoms with Crippen molar-refractivity contribution in [1.29, 1.82) is 0 Å². The quantitative estimate of drug-likeness (QED) is 0.375. The Morgan fingerprint density at radius 3 is 2.44 bits per heavy atom. The number of nitrogens with zero attached hydrogens (tertiary/aromatic N) is 1. The van der Waals surface area contributed by atoms with Gasteiger partial charge in [-0.1, -0.05) is 37.6 Å². The molecule has 1 aliphatic heterocycles. The van der Waals surface area contributed by atoms with Gasteiger partial charge in [-0.3, -0.25) is 4.90 Å². The summed E-state index contributed by atoms with van der Waals surface area (Å²) in [7, 11) is 1.70. The molecule has 0 amide bonds. The number of piperidine rings is 1. The predicted octanol–water partition coefficient (Wildman–Crippen LogP) is 7.47. The van der Waals surface area contributed by atoms with Gasteiger partial charge in [0.2, 0.25) is 0 Å². The zero-order valence-corrected chi connectivity index (χ0v) is 21.9. The Morgan fingerprint density at radius 1 is 1.03 bits per heavy atom. The van der Waals surface area contributed by atoms with Crippen molar-refractivity contribution in [2.75, 3.05) is 26.7 Å². The Balaban J connectivity index is 1.38. The average molecular weight is 502 g/mol. The van der Waals surface area contributed by atoms with Crippen LogP contribution in [-0.4, -0.2) is 37.8 Å². The minimum Gasteiger partial charge on any atom is -0.496 e. The summed E-state index contributed by atoms with van der Waals surface area (Å²) >= 11 is 0. The summed E-state index contributed by atoms with van der Waals surface area (Å²) in [6.07, 6.45) is -0.773. The first-order chi connectivity index (χ1) is 17.1. The van der Waals surface area contributed by atoms with E-state index in [0.29, 0.717) is 25.6 Å². The number of halogens is 3. The molecule has 1 heterocycles. The fraction of sp³-hybridized carbons (Fsp3) is 0.533. The van der Waals surface area contributed by atoms with Gasteiger partial charge in [0.25, 0.3) is 0 Å². The molecule has 0 radical (unpaired) electrons. The zero-order chi connectivity index (χ0) is 25.9. The number of benzene rings is 2. The highest BCUT2D eigenvalue weighted by molar-refractivity contribution is 5.72. The van der Waals surface area contributed by atoms with Crippen molar-refractivity contribution in [3.63, 3.8) is 0 Å². The SMILES string of the molecule is COc1cc(CC(C)C)ccc1COc1ccc2c(c1)CCC(CN1CCC(C(F)(F)F)CC1)=C2C. The lowest BCUT2D eigenvalue weighted by Crippen LogP contribution is -2.40. The molecular formula is C30H38F3NO2. The number of hydrogen-bond donors (Lipinski definition) is 0. The third-order valence-electron chi connectivity index (χ3n) is 7.56. The summed E-state index contributed by atoms with van der Waals surface area (Å²) in [5.74, 6) is 1.14. The molecule has 0 saturated carbocycles. The molecule has 0 atom stereocenters. The summed E-state index contributed by atoms with van der Waals surface area (Å²) < 4.78 is 50.7. The minimum atomic E-state index is -4.06. The monoisotopic (exact) mass is 501 g/mol. The van der Waals surface area contributed by atoms with Gasteiger partial charge >= 0.3 is 6.18 Å². The molecule has 0 aromatic heterocycles. The fourth-order valence-corrected chi connectivity index (χ4v) is 5.45. The molecule has 2 aromatic rings. The normalized spacial score (nSPS) is 17.4. The van der Waals surface area contributed by atoms with Gasteiger partial charge in [-0.15, -0.1) is 0 Å². The summed E-state index contributed by atoms with van der Waals surface area (Å²) in [5.41, 5.74) is 7.38. The first-order valence-corrected chi connectivity index (χ1v) is 13.0. The van der Waals surface area contributed by atoms with Gasteiger partial charge in [-0.2, -0.15) is 13.2 Å². The van der Waals surface area contributed by atoms with E-state index in [0.717, 1.165) is 42.9 Å². The Labute approximate surface area is 213 Å².